The zero-order valence-electron chi connectivity index (χ0n) is 13.9. The van der Waals surface area contributed by atoms with E-state index in [1.165, 1.54) is 12.3 Å². The third kappa shape index (κ3) is 4.55. The zero-order chi connectivity index (χ0) is 18.7. The molecule has 0 spiro atoms. The van der Waals surface area contributed by atoms with Gasteiger partial charge in [-0.15, -0.1) is 10.2 Å². The molecule has 1 amide bonds. The number of aryl methyl sites for hydroxylation is 1. The van der Waals surface area contributed by atoms with Gasteiger partial charge in [-0.3, -0.25) is 4.79 Å². The second-order valence-corrected chi connectivity index (χ2v) is 7.61. The van der Waals surface area contributed by atoms with E-state index in [9.17, 15) is 4.79 Å². The van der Waals surface area contributed by atoms with Crippen LogP contribution in [0.25, 0.3) is 11.5 Å². The van der Waals surface area contributed by atoms with E-state index in [0.29, 0.717) is 16.1 Å². The van der Waals surface area contributed by atoms with Crippen molar-refractivity contribution in [3.05, 3.63) is 52.1 Å². The Labute approximate surface area is 164 Å². The van der Waals surface area contributed by atoms with Gasteiger partial charge in [-0.05, 0) is 32.0 Å². The van der Waals surface area contributed by atoms with E-state index in [1.807, 2.05) is 31.2 Å². The number of thioether (sulfide) groups is 1. The molecule has 1 aromatic carbocycles. The van der Waals surface area contributed by atoms with E-state index in [4.69, 9.17) is 27.6 Å². The number of hydrogen-bond acceptors (Lipinski definition) is 6. The second kappa shape index (κ2) is 8.07. The lowest BCUT2D eigenvalue weighted by molar-refractivity contribution is -0.115. The van der Waals surface area contributed by atoms with Crippen molar-refractivity contribution < 1.29 is 9.21 Å². The van der Waals surface area contributed by atoms with Crippen molar-refractivity contribution >= 4 is 46.7 Å². The summed E-state index contributed by atoms with van der Waals surface area (Å²) >= 11 is 13.0. The summed E-state index contributed by atoms with van der Waals surface area (Å²) in [5, 5.41) is 11.1. The number of anilines is 1. The summed E-state index contributed by atoms with van der Waals surface area (Å²) < 4.78 is 5.62. The number of rotatable bonds is 5. The van der Waals surface area contributed by atoms with E-state index in [2.05, 4.69) is 20.5 Å². The first-order chi connectivity index (χ1) is 12.4. The summed E-state index contributed by atoms with van der Waals surface area (Å²) in [5.74, 6) is 0.365. The number of aromatic nitrogens is 3. The van der Waals surface area contributed by atoms with Gasteiger partial charge in [0.25, 0.3) is 5.22 Å². The van der Waals surface area contributed by atoms with Crippen LogP contribution in [-0.2, 0) is 4.79 Å². The van der Waals surface area contributed by atoms with E-state index in [0.717, 1.165) is 22.9 Å². The van der Waals surface area contributed by atoms with Crippen LogP contribution in [0.3, 0.4) is 0 Å². The van der Waals surface area contributed by atoms with Gasteiger partial charge in [0, 0.05) is 11.8 Å². The highest BCUT2D eigenvalue weighted by Crippen LogP contribution is 2.28. The van der Waals surface area contributed by atoms with Crippen molar-refractivity contribution in [1.82, 2.24) is 15.2 Å². The Morgan fingerprint density at radius 1 is 1.23 bits per heavy atom. The minimum atomic E-state index is -0.491. The topological polar surface area (TPSA) is 80.9 Å². The number of nitrogens with one attached hydrogen (secondary N) is 1. The van der Waals surface area contributed by atoms with E-state index in [-0.39, 0.29) is 16.7 Å². The first-order valence-electron chi connectivity index (χ1n) is 7.61. The average molecular weight is 409 g/mol. The molecule has 0 radical (unpaired) electrons. The zero-order valence-corrected chi connectivity index (χ0v) is 16.2. The highest BCUT2D eigenvalue weighted by molar-refractivity contribution is 8.00. The first kappa shape index (κ1) is 18.7. The molecule has 0 saturated heterocycles. The Hall–Kier alpha value is -2.09. The van der Waals surface area contributed by atoms with Crippen LogP contribution in [0, 0.1) is 6.92 Å². The first-order valence-corrected chi connectivity index (χ1v) is 9.25. The lowest BCUT2D eigenvalue weighted by Gasteiger charge is -2.10. The molecule has 0 fully saturated rings. The van der Waals surface area contributed by atoms with Gasteiger partial charge < -0.3 is 9.73 Å². The molecule has 1 unspecified atom stereocenters. The molecule has 0 aliphatic carbocycles. The molecule has 3 rings (SSSR count). The Morgan fingerprint density at radius 2 is 1.96 bits per heavy atom. The molecular weight excluding hydrogens is 395 g/mol. The maximum Gasteiger partial charge on any atom is 0.277 e. The van der Waals surface area contributed by atoms with Crippen LogP contribution in [0.2, 0.25) is 10.0 Å². The third-order valence-corrected chi connectivity index (χ3v) is 4.83. The van der Waals surface area contributed by atoms with Gasteiger partial charge in [-0.25, -0.2) is 4.98 Å². The smallest absolute Gasteiger partial charge is 0.277 e. The lowest BCUT2D eigenvalue weighted by Crippen LogP contribution is -2.23. The molecule has 0 aliphatic rings. The minimum Gasteiger partial charge on any atom is -0.411 e. The van der Waals surface area contributed by atoms with Gasteiger partial charge in [0.15, 0.2) is 5.82 Å². The molecule has 3 aromatic rings. The summed E-state index contributed by atoms with van der Waals surface area (Å²) in [6.07, 6.45) is 1.41. The van der Waals surface area contributed by atoms with Gasteiger partial charge in [0.2, 0.25) is 11.8 Å². The maximum atomic E-state index is 12.3. The molecule has 26 heavy (non-hydrogen) atoms. The number of carbonyl (C=O) groups excluding carboxylic acids is 1. The fourth-order valence-electron chi connectivity index (χ4n) is 2.00. The number of nitrogens with zero attached hydrogens (tertiary/aromatic N) is 3. The standard InChI is InChI=1S/C17H14Cl2N4O2S/c1-9-3-5-11(6-4-9)16-22-23-17(25-16)26-10(2)15(24)21-14-13(19)7-12(18)8-20-14/h3-8,10H,1-2H3,(H,20,21,24). The molecule has 1 atom stereocenters. The molecule has 6 nitrogen and oxygen atoms in total. The van der Waals surface area contributed by atoms with Gasteiger partial charge in [0.05, 0.1) is 15.3 Å². The Morgan fingerprint density at radius 3 is 2.65 bits per heavy atom. The average Bonchev–Trinajstić information content (AvgIpc) is 3.06. The summed E-state index contributed by atoms with van der Waals surface area (Å²) in [4.78, 5) is 16.3. The van der Waals surface area contributed by atoms with E-state index >= 15 is 0 Å². The van der Waals surface area contributed by atoms with Crippen molar-refractivity contribution in [2.75, 3.05) is 5.32 Å². The summed E-state index contributed by atoms with van der Waals surface area (Å²) in [6.45, 7) is 3.72. The van der Waals surface area contributed by atoms with Crippen molar-refractivity contribution in [2.45, 2.75) is 24.3 Å². The van der Waals surface area contributed by atoms with Crippen LogP contribution in [0.1, 0.15) is 12.5 Å². The summed E-state index contributed by atoms with van der Waals surface area (Å²) in [6, 6.07) is 9.25. The minimum absolute atomic E-state index is 0.249. The largest absolute Gasteiger partial charge is 0.411 e. The quantitative estimate of drug-likeness (QED) is 0.606. The fraction of sp³-hybridized carbons (Fsp3) is 0.176. The number of hydrogen-bond donors (Lipinski definition) is 1. The third-order valence-electron chi connectivity index (χ3n) is 3.40. The number of carbonyl (C=O) groups is 1. The maximum absolute atomic E-state index is 12.3. The molecule has 0 aliphatic heterocycles. The van der Waals surface area contributed by atoms with Gasteiger partial charge in [-0.2, -0.15) is 0 Å². The van der Waals surface area contributed by atoms with Crippen LogP contribution < -0.4 is 5.32 Å². The van der Waals surface area contributed by atoms with Crippen LogP contribution in [-0.4, -0.2) is 26.3 Å². The van der Waals surface area contributed by atoms with Crippen LogP contribution in [0.5, 0.6) is 0 Å². The predicted octanol–water partition coefficient (Wildman–Crippen LogP) is 4.87. The normalized spacial score (nSPS) is 12.0. The lowest BCUT2D eigenvalue weighted by atomic mass is 10.1. The van der Waals surface area contributed by atoms with Gasteiger partial charge in [0.1, 0.15) is 0 Å². The van der Waals surface area contributed by atoms with Crippen molar-refractivity contribution in [3.8, 4) is 11.5 Å². The Bertz CT molecular complexity index is 931. The van der Waals surface area contributed by atoms with Gasteiger partial charge >= 0.3 is 0 Å². The SMILES string of the molecule is Cc1ccc(-c2nnc(SC(C)C(=O)Nc3ncc(Cl)cc3Cl)o2)cc1. The van der Waals surface area contributed by atoms with Crippen molar-refractivity contribution in [2.24, 2.45) is 0 Å². The predicted molar refractivity (Wildman–Crippen MR) is 103 cm³/mol. The highest BCUT2D eigenvalue weighted by Gasteiger charge is 2.20. The molecule has 2 aromatic heterocycles. The van der Waals surface area contributed by atoms with Gasteiger partial charge in [-0.1, -0.05) is 52.7 Å². The van der Waals surface area contributed by atoms with Crippen molar-refractivity contribution in [3.63, 3.8) is 0 Å². The van der Waals surface area contributed by atoms with Crippen LogP contribution in [0.4, 0.5) is 5.82 Å². The molecule has 2 heterocycles. The Balaban J connectivity index is 1.65. The van der Waals surface area contributed by atoms with Crippen LogP contribution in [0.15, 0.2) is 46.2 Å². The molecule has 0 bridgehead atoms. The van der Waals surface area contributed by atoms with Crippen molar-refractivity contribution in [1.29, 1.82) is 0 Å². The molecule has 0 saturated carbocycles. The molecule has 9 heteroatoms. The number of benzene rings is 1. The second-order valence-electron chi connectivity index (χ2n) is 5.47. The van der Waals surface area contributed by atoms with Crippen LogP contribution >= 0.6 is 35.0 Å². The molecule has 1 N–H and O–H groups in total. The monoisotopic (exact) mass is 408 g/mol. The molecular formula is C17H14Cl2N4O2S. The number of pyridine rings is 1. The van der Waals surface area contributed by atoms with E-state index < -0.39 is 5.25 Å². The Kier molecular flexibility index (Phi) is 5.80. The highest BCUT2D eigenvalue weighted by atomic mass is 35.5. The summed E-state index contributed by atoms with van der Waals surface area (Å²) in [5.41, 5.74) is 1.96. The fourth-order valence-corrected chi connectivity index (χ4v) is 3.11. The molecule has 134 valence electrons. The van der Waals surface area contributed by atoms with E-state index in [1.54, 1.807) is 6.92 Å². The number of halogens is 2. The summed E-state index contributed by atoms with van der Waals surface area (Å²) in [7, 11) is 0. The number of amides is 1.